The van der Waals surface area contributed by atoms with Crippen LogP contribution in [0.5, 0.6) is 0 Å². The summed E-state index contributed by atoms with van der Waals surface area (Å²) in [6.45, 7) is 0. The van der Waals surface area contributed by atoms with Crippen LogP contribution in [0, 0.1) is 0 Å². The van der Waals surface area contributed by atoms with Crippen LogP contribution in [-0.2, 0) is 0 Å². The van der Waals surface area contributed by atoms with Gasteiger partial charge in [-0.1, -0.05) is 6.07 Å². The number of nitrogens with zero attached hydrogens (tertiary/aromatic N) is 1. The molecule has 0 radical (unpaired) electrons. The lowest BCUT2D eigenvalue weighted by Crippen LogP contribution is -2.44. The third-order valence-corrected chi connectivity index (χ3v) is 2.19. The molecule has 0 atom stereocenters. The topological polar surface area (TPSA) is 50.9 Å². The fourth-order valence-electron chi connectivity index (χ4n) is 1.44. The van der Waals surface area contributed by atoms with Crippen LogP contribution in [0.2, 0.25) is 0 Å². The Kier molecular flexibility index (Phi) is 3.51. The van der Waals surface area contributed by atoms with Gasteiger partial charge in [-0.25, -0.2) is 4.98 Å². The lowest BCUT2D eigenvalue weighted by atomic mass is 9.88. The Morgan fingerprint density at radius 2 is 2.15 bits per heavy atom. The molecule has 4 heteroatoms. The highest BCUT2D eigenvalue weighted by Gasteiger charge is 2.25. The SMILES string of the molecule is Cl.N[C@H]1C[C@H](Nc2ccccn2)C1. The maximum atomic E-state index is 5.66. The quantitative estimate of drug-likeness (QED) is 0.757. The molecule has 1 aliphatic rings. The van der Waals surface area contributed by atoms with Crippen molar-refractivity contribution < 1.29 is 0 Å². The minimum atomic E-state index is 0. The van der Waals surface area contributed by atoms with E-state index in [2.05, 4.69) is 10.3 Å². The number of hydrogen-bond acceptors (Lipinski definition) is 3. The molecule has 1 aliphatic carbocycles. The van der Waals surface area contributed by atoms with Gasteiger partial charge in [-0.05, 0) is 25.0 Å². The summed E-state index contributed by atoms with van der Waals surface area (Å²) < 4.78 is 0. The first-order chi connectivity index (χ1) is 5.84. The van der Waals surface area contributed by atoms with Crippen LogP contribution in [0.3, 0.4) is 0 Å². The van der Waals surface area contributed by atoms with Gasteiger partial charge in [0, 0.05) is 18.3 Å². The number of halogens is 1. The van der Waals surface area contributed by atoms with Crippen LogP contribution in [0.15, 0.2) is 24.4 Å². The van der Waals surface area contributed by atoms with E-state index in [-0.39, 0.29) is 12.4 Å². The average molecular weight is 200 g/mol. The van der Waals surface area contributed by atoms with E-state index < -0.39 is 0 Å². The zero-order valence-corrected chi connectivity index (χ0v) is 8.13. The summed E-state index contributed by atoms with van der Waals surface area (Å²) in [6, 6.07) is 6.80. The van der Waals surface area contributed by atoms with Gasteiger partial charge in [-0.3, -0.25) is 0 Å². The molecule has 1 aromatic rings. The van der Waals surface area contributed by atoms with Crippen molar-refractivity contribution in [3.63, 3.8) is 0 Å². The van der Waals surface area contributed by atoms with Crippen molar-refractivity contribution in [1.29, 1.82) is 0 Å². The van der Waals surface area contributed by atoms with E-state index >= 15 is 0 Å². The fourth-order valence-corrected chi connectivity index (χ4v) is 1.44. The highest BCUT2D eigenvalue weighted by atomic mass is 35.5. The van der Waals surface area contributed by atoms with Crippen LogP contribution in [-0.4, -0.2) is 17.1 Å². The molecule has 0 spiro atoms. The van der Waals surface area contributed by atoms with E-state index in [0.29, 0.717) is 12.1 Å². The Labute approximate surface area is 84.1 Å². The van der Waals surface area contributed by atoms with Gasteiger partial charge in [0.05, 0.1) is 0 Å². The molecule has 72 valence electrons. The Bertz CT molecular complexity index is 246. The van der Waals surface area contributed by atoms with Crippen LogP contribution in [0.1, 0.15) is 12.8 Å². The summed E-state index contributed by atoms with van der Waals surface area (Å²) >= 11 is 0. The lowest BCUT2D eigenvalue weighted by Gasteiger charge is -2.33. The molecule has 1 saturated carbocycles. The number of nitrogens with one attached hydrogen (secondary N) is 1. The van der Waals surface area contributed by atoms with Crippen molar-refractivity contribution in [2.24, 2.45) is 5.73 Å². The first-order valence-corrected chi connectivity index (χ1v) is 4.28. The first-order valence-electron chi connectivity index (χ1n) is 4.28. The molecule has 0 bridgehead atoms. The predicted molar refractivity (Wildman–Crippen MR) is 56.1 cm³/mol. The van der Waals surface area contributed by atoms with Crippen molar-refractivity contribution in [2.45, 2.75) is 24.9 Å². The van der Waals surface area contributed by atoms with Gasteiger partial charge < -0.3 is 11.1 Å². The minimum Gasteiger partial charge on any atom is -0.367 e. The van der Waals surface area contributed by atoms with Gasteiger partial charge >= 0.3 is 0 Å². The van der Waals surface area contributed by atoms with Gasteiger partial charge in [-0.2, -0.15) is 0 Å². The predicted octanol–water partition coefficient (Wildman–Crippen LogP) is 1.41. The molecule has 3 N–H and O–H groups in total. The van der Waals surface area contributed by atoms with Crippen molar-refractivity contribution in [3.05, 3.63) is 24.4 Å². The van der Waals surface area contributed by atoms with E-state index in [1.54, 1.807) is 6.20 Å². The maximum Gasteiger partial charge on any atom is 0.126 e. The maximum absolute atomic E-state index is 5.66. The van der Waals surface area contributed by atoms with Crippen molar-refractivity contribution in [2.75, 3.05) is 5.32 Å². The molecule has 3 nitrogen and oxygen atoms in total. The largest absolute Gasteiger partial charge is 0.367 e. The third-order valence-electron chi connectivity index (χ3n) is 2.19. The second-order valence-corrected chi connectivity index (χ2v) is 3.29. The van der Waals surface area contributed by atoms with Crippen LogP contribution in [0.25, 0.3) is 0 Å². The highest BCUT2D eigenvalue weighted by Crippen LogP contribution is 2.20. The summed E-state index contributed by atoms with van der Waals surface area (Å²) in [5, 5.41) is 3.32. The molecular formula is C9H14ClN3. The van der Waals surface area contributed by atoms with Crippen molar-refractivity contribution in [3.8, 4) is 0 Å². The summed E-state index contributed by atoms with van der Waals surface area (Å²) in [4.78, 5) is 4.17. The van der Waals surface area contributed by atoms with Gasteiger partial charge in [0.1, 0.15) is 5.82 Å². The molecule has 0 aromatic carbocycles. The van der Waals surface area contributed by atoms with E-state index in [0.717, 1.165) is 18.7 Å². The van der Waals surface area contributed by atoms with Gasteiger partial charge in [0.25, 0.3) is 0 Å². The monoisotopic (exact) mass is 199 g/mol. The first kappa shape index (κ1) is 10.3. The highest BCUT2D eigenvalue weighted by molar-refractivity contribution is 5.85. The molecule has 0 amide bonds. The summed E-state index contributed by atoms with van der Waals surface area (Å²) in [5.74, 6) is 0.953. The zero-order chi connectivity index (χ0) is 8.39. The average Bonchev–Trinajstić information content (AvgIpc) is 2.04. The number of hydrogen-bond donors (Lipinski definition) is 2. The Morgan fingerprint density at radius 1 is 1.38 bits per heavy atom. The second kappa shape index (κ2) is 4.44. The number of pyridine rings is 1. The molecule has 0 unspecified atom stereocenters. The Morgan fingerprint density at radius 3 is 2.69 bits per heavy atom. The number of aromatic nitrogens is 1. The van der Waals surface area contributed by atoms with Crippen molar-refractivity contribution >= 4 is 18.2 Å². The Balaban J connectivity index is 0.000000845. The van der Waals surface area contributed by atoms with E-state index in [9.17, 15) is 0 Å². The molecule has 2 rings (SSSR count). The third kappa shape index (κ3) is 2.57. The minimum absolute atomic E-state index is 0. The number of rotatable bonds is 2. The van der Waals surface area contributed by atoms with Crippen LogP contribution in [0.4, 0.5) is 5.82 Å². The number of anilines is 1. The smallest absolute Gasteiger partial charge is 0.126 e. The van der Waals surface area contributed by atoms with E-state index in [1.807, 2.05) is 18.2 Å². The Hall–Kier alpha value is -0.800. The normalized spacial score (nSPS) is 25.6. The molecule has 1 fully saturated rings. The second-order valence-electron chi connectivity index (χ2n) is 3.29. The van der Waals surface area contributed by atoms with Crippen molar-refractivity contribution in [1.82, 2.24) is 4.98 Å². The van der Waals surface area contributed by atoms with E-state index in [4.69, 9.17) is 5.73 Å². The van der Waals surface area contributed by atoms with Gasteiger partial charge in [0.15, 0.2) is 0 Å². The summed E-state index contributed by atoms with van der Waals surface area (Å²) in [7, 11) is 0. The molecule has 1 aromatic heterocycles. The molecular weight excluding hydrogens is 186 g/mol. The molecule has 0 saturated heterocycles. The number of nitrogens with two attached hydrogens (primary N) is 1. The van der Waals surface area contributed by atoms with Crippen LogP contribution >= 0.6 is 12.4 Å². The van der Waals surface area contributed by atoms with Gasteiger partial charge in [0.2, 0.25) is 0 Å². The standard InChI is InChI=1S/C9H13N3.ClH/c10-7-5-8(6-7)12-9-3-1-2-4-11-9;/h1-4,7-8H,5-6,10H2,(H,11,12);1H/t7-,8-;. The van der Waals surface area contributed by atoms with Gasteiger partial charge in [-0.15, -0.1) is 12.4 Å². The fraction of sp³-hybridized carbons (Fsp3) is 0.444. The molecule has 13 heavy (non-hydrogen) atoms. The molecule has 1 heterocycles. The molecule has 0 aliphatic heterocycles. The lowest BCUT2D eigenvalue weighted by molar-refractivity contribution is 0.373. The zero-order valence-electron chi connectivity index (χ0n) is 7.31. The summed E-state index contributed by atoms with van der Waals surface area (Å²) in [5.41, 5.74) is 5.66. The van der Waals surface area contributed by atoms with Crippen LogP contribution < -0.4 is 11.1 Å². The summed E-state index contributed by atoms with van der Waals surface area (Å²) in [6.07, 6.45) is 3.92. The van der Waals surface area contributed by atoms with E-state index in [1.165, 1.54) is 0 Å².